The van der Waals surface area contributed by atoms with Gasteiger partial charge < -0.3 is 14.8 Å². The minimum absolute atomic E-state index is 0.0329. The number of nitrogens with one attached hydrogen (secondary N) is 2. The Bertz CT molecular complexity index is 1080. The van der Waals surface area contributed by atoms with Gasteiger partial charge in [0, 0.05) is 24.1 Å². The zero-order chi connectivity index (χ0) is 19.0. The van der Waals surface area contributed by atoms with Crippen LogP contribution in [0.5, 0.6) is 11.5 Å². The Labute approximate surface area is 157 Å². The number of rotatable bonds is 6. The molecule has 0 atom stereocenters. The van der Waals surface area contributed by atoms with Crippen LogP contribution in [0.4, 0.5) is 5.95 Å². The molecule has 0 fully saturated rings. The molecule has 2 N–H and O–H groups in total. The van der Waals surface area contributed by atoms with Crippen LogP contribution < -0.4 is 14.8 Å². The van der Waals surface area contributed by atoms with Crippen LogP contribution in [-0.4, -0.2) is 40.3 Å². The second-order valence-corrected chi connectivity index (χ2v) is 7.12. The molecule has 0 bridgehead atoms. The van der Waals surface area contributed by atoms with E-state index in [0.717, 1.165) is 17.6 Å². The second-order valence-electron chi connectivity index (χ2n) is 7.12. The van der Waals surface area contributed by atoms with Gasteiger partial charge in [-0.15, -0.1) is 0 Å². The van der Waals surface area contributed by atoms with Gasteiger partial charge in [0.15, 0.2) is 11.5 Å². The lowest BCUT2D eigenvalue weighted by molar-refractivity contribution is 0.355. The van der Waals surface area contributed by atoms with Gasteiger partial charge in [-0.3, -0.25) is 5.10 Å². The maximum Gasteiger partial charge on any atom is 0.253 e. The quantitative estimate of drug-likeness (QED) is 0.546. The van der Waals surface area contributed by atoms with Crippen molar-refractivity contribution in [2.24, 2.45) is 0 Å². The molecule has 0 unspecified atom stereocenters. The van der Waals surface area contributed by atoms with Crippen LogP contribution in [0.3, 0.4) is 0 Å². The standard InChI is InChI=1S/C20H23N5O2/c1-20(2,13-8-6-5-7-9-13)12-21-18-23-19-22-14-10-16(26-3)17(27-4)11-15(14)25(19)24-18/h5-11H,12H2,1-4H3,(H2,21,22,23,24). The average Bonchev–Trinajstić information content (AvgIpc) is 3.23. The molecule has 0 aliphatic carbocycles. The third-order valence-corrected chi connectivity index (χ3v) is 4.82. The summed E-state index contributed by atoms with van der Waals surface area (Å²) in [7, 11) is 3.23. The van der Waals surface area contributed by atoms with Gasteiger partial charge in [-0.25, -0.2) is 9.50 Å². The Morgan fingerprint density at radius 3 is 2.44 bits per heavy atom. The van der Waals surface area contributed by atoms with E-state index < -0.39 is 0 Å². The van der Waals surface area contributed by atoms with Crippen molar-refractivity contribution in [2.45, 2.75) is 19.3 Å². The number of nitrogens with zero attached hydrogens (tertiary/aromatic N) is 3. The van der Waals surface area contributed by atoms with E-state index in [0.29, 0.717) is 23.2 Å². The molecule has 4 aromatic rings. The molecule has 0 spiro atoms. The molecular weight excluding hydrogens is 342 g/mol. The number of imidazole rings is 1. The monoisotopic (exact) mass is 365 g/mol. The summed E-state index contributed by atoms with van der Waals surface area (Å²) >= 11 is 0. The van der Waals surface area contributed by atoms with E-state index >= 15 is 0 Å². The number of fused-ring (bicyclic) bond motifs is 3. The maximum atomic E-state index is 5.39. The summed E-state index contributed by atoms with van der Waals surface area (Å²) < 4.78 is 12.6. The molecule has 0 aliphatic rings. The number of hydrogen-bond acceptors (Lipinski definition) is 5. The molecule has 2 aromatic carbocycles. The van der Waals surface area contributed by atoms with Gasteiger partial charge in [0.25, 0.3) is 5.78 Å². The number of aromatic amines is 1. The van der Waals surface area contributed by atoms with E-state index in [9.17, 15) is 0 Å². The molecule has 140 valence electrons. The Kier molecular flexibility index (Phi) is 4.14. The van der Waals surface area contributed by atoms with Crippen LogP contribution in [0.15, 0.2) is 42.5 Å². The summed E-state index contributed by atoms with van der Waals surface area (Å²) in [6.07, 6.45) is 0. The summed E-state index contributed by atoms with van der Waals surface area (Å²) in [6, 6.07) is 14.2. The molecule has 0 amide bonds. The van der Waals surface area contributed by atoms with Gasteiger partial charge in [0.1, 0.15) is 0 Å². The molecule has 4 rings (SSSR count). The summed E-state index contributed by atoms with van der Waals surface area (Å²) in [4.78, 5) is 9.13. The second kappa shape index (κ2) is 6.50. The number of hydrogen-bond donors (Lipinski definition) is 2. The van der Waals surface area contributed by atoms with E-state index in [-0.39, 0.29) is 5.41 Å². The van der Waals surface area contributed by atoms with E-state index in [4.69, 9.17) is 9.47 Å². The fraction of sp³-hybridized carbons (Fsp3) is 0.300. The van der Waals surface area contributed by atoms with E-state index in [1.807, 2.05) is 22.7 Å². The summed E-state index contributed by atoms with van der Waals surface area (Å²) in [5.74, 6) is 2.58. The van der Waals surface area contributed by atoms with Crippen molar-refractivity contribution >= 4 is 22.8 Å². The fourth-order valence-electron chi connectivity index (χ4n) is 3.18. The molecule has 27 heavy (non-hydrogen) atoms. The predicted molar refractivity (Wildman–Crippen MR) is 106 cm³/mol. The number of H-pyrrole nitrogens is 1. The largest absolute Gasteiger partial charge is 0.493 e. The van der Waals surface area contributed by atoms with Crippen molar-refractivity contribution in [1.82, 2.24) is 19.6 Å². The lowest BCUT2D eigenvalue weighted by atomic mass is 9.85. The van der Waals surface area contributed by atoms with Crippen molar-refractivity contribution in [3.8, 4) is 11.5 Å². The van der Waals surface area contributed by atoms with Gasteiger partial charge in [0.05, 0.1) is 25.3 Å². The Hall–Kier alpha value is -3.22. The van der Waals surface area contributed by atoms with Crippen molar-refractivity contribution in [3.05, 3.63) is 48.0 Å². The number of aromatic nitrogens is 4. The summed E-state index contributed by atoms with van der Waals surface area (Å²) in [5, 5.41) is 6.66. The Balaban J connectivity index is 1.62. The van der Waals surface area contributed by atoms with Crippen molar-refractivity contribution in [2.75, 3.05) is 26.1 Å². The van der Waals surface area contributed by atoms with Crippen molar-refractivity contribution < 1.29 is 9.47 Å². The topological polar surface area (TPSA) is 76.5 Å². The first-order chi connectivity index (χ1) is 13.0. The van der Waals surface area contributed by atoms with Crippen LogP contribution in [0.25, 0.3) is 16.8 Å². The summed E-state index contributed by atoms with van der Waals surface area (Å²) in [5.41, 5.74) is 2.92. The minimum Gasteiger partial charge on any atom is -0.493 e. The van der Waals surface area contributed by atoms with Crippen LogP contribution in [0, 0.1) is 0 Å². The van der Waals surface area contributed by atoms with Crippen LogP contribution in [-0.2, 0) is 5.41 Å². The van der Waals surface area contributed by atoms with E-state index in [1.165, 1.54) is 5.56 Å². The molecule has 2 heterocycles. The Morgan fingerprint density at radius 1 is 1.04 bits per heavy atom. The molecular formula is C20H23N5O2. The normalized spacial score (nSPS) is 11.9. The lowest BCUT2D eigenvalue weighted by Crippen LogP contribution is -2.27. The molecule has 2 aromatic heterocycles. The molecule has 0 aliphatic heterocycles. The first-order valence-electron chi connectivity index (χ1n) is 8.81. The number of benzene rings is 2. The minimum atomic E-state index is -0.0329. The number of ether oxygens (including phenoxy) is 2. The van der Waals surface area contributed by atoms with Gasteiger partial charge in [-0.05, 0) is 5.56 Å². The molecule has 0 saturated heterocycles. The highest BCUT2D eigenvalue weighted by molar-refractivity contribution is 5.83. The third kappa shape index (κ3) is 3.05. The van der Waals surface area contributed by atoms with E-state index in [1.54, 1.807) is 14.2 Å². The van der Waals surface area contributed by atoms with Crippen LogP contribution in [0.1, 0.15) is 19.4 Å². The highest BCUT2D eigenvalue weighted by Crippen LogP contribution is 2.32. The van der Waals surface area contributed by atoms with E-state index in [2.05, 4.69) is 58.5 Å². The third-order valence-electron chi connectivity index (χ3n) is 4.82. The van der Waals surface area contributed by atoms with Gasteiger partial charge in [0.2, 0.25) is 5.95 Å². The molecule has 7 nitrogen and oxygen atoms in total. The maximum absolute atomic E-state index is 5.39. The van der Waals surface area contributed by atoms with Crippen LogP contribution in [0.2, 0.25) is 0 Å². The first kappa shape index (κ1) is 17.2. The number of methoxy groups -OCH3 is 2. The molecule has 7 heteroatoms. The van der Waals surface area contributed by atoms with Crippen LogP contribution >= 0.6 is 0 Å². The van der Waals surface area contributed by atoms with Crippen molar-refractivity contribution in [3.63, 3.8) is 0 Å². The lowest BCUT2D eigenvalue weighted by Gasteiger charge is -2.25. The zero-order valence-electron chi connectivity index (χ0n) is 15.9. The highest BCUT2D eigenvalue weighted by atomic mass is 16.5. The number of anilines is 1. The smallest absolute Gasteiger partial charge is 0.253 e. The SMILES string of the molecule is COc1cc2nc3nc(NCC(C)(C)c4ccccc4)[nH]n3c2cc1OC. The predicted octanol–water partition coefficient (Wildman–Crippen LogP) is 3.62. The van der Waals surface area contributed by atoms with Gasteiger partial charge >= 0.3 is 0 Å². The first-order valence-corrected chi connectivity index (χ1v) is 8.81. The zero-order valence-corrected chi connectivity index (χ0v) is 15.9. The van der Waals surface area contributed by atoms with Gasteiger partial charge in [-0.1, -0.05) is 44.2 Å². The average molecular weight is 365 g/mol. The van der Waals surface area contributed by atoms with Crippen molar-refractivity contribution in [1.29, 1.82) is 0 Å². The fourth-order valence-corrected chi connectivity index (χ4v) is 3.18. The summed E-state index contributed by atoms with van der Waals surface area (Å²) in [6.45, 7) is 5.15. The van der Waals surface area contributed by atoms with Gasteiger partial charge in [-0.2, -0.15) is 4.98 Å². The molecule has 0 radical (unpaired) electrons. The Morgan fingerprint density at radius 2 is 1.74 bits per heavy atom. The molecule has 0 saturated carbocycles. The highest BCUT2D eigenvalue weighted by Gasteiger charge is 2.21.